The van der Waals surface area contributed by atoms with Crippen molar-refractivity contribution in [1.29, 1.82) is 0 Å². The van der Waals surface area contributed by atoms with Gasteiger partial charge in [-0.25, -0.2) is 14.6 Å². The van der Waals surface area contributed by atoms with Crippen LogP contribution in [0, 0.1) is 5.82 Å². The Balaban J connectivity index is 1.68. The average molecular weight is 461 g/mol. The third-order valence-corrected chi connectivity index (χ3v) is 4.77. The van der Waals surface area contributed by atoms with Crippen LogP contribution in [0.5, 0.6) is 11.5 Å². The molecule has 0 spiro atoms. The topological polar surface area (TPSA) is 77.0 Å². The molecule has 3 aromatic rings. The van der Waals surface area contributed by atoms with Crippen molar-refractivity contribution in [2.24, 2.45) is 5.10 Å². The zero-order valence-corrected chi connectivity index (χ0v) is 17.6. The van der Waals surface area contributed by atoms with Gasteiger partial charge < -0.3 is 9.47 Å². The molecule has 0 unspecified atom stereocenters. The molecular weight excluding hydrogens is 446 g/mol. The maximum Gasteiger partial charge on any atom is 0.343 e. The van der Waals surface area contributed by atoms with Crippen molar-refractivity contribution < 1.29 is 23.5 Å². The second-order valence-electron chi connectivity index (χ2n) is 6.13. The summed E-state index contributed by atoms with van der Waals surface area (Å²) >= 11 is 11.8. The number of benzene rings is 3. The first-order valence-electron chi connectivity index (χ1n) is 8.81. The van der Waals surface area contributed by atoms with E-state index in [1.165, 1.54) is 61.9 Å². The van der Waals surface area contributed by atoms with Crippen molar-refractivity contribution in [3.63, 3.8) is 0 Å². The fourth-order valence-corrected chi connectivity index (χ4v) is 2.76. The van der Waals surface area contributed by atoms with Gasteiger partial charge in [-0.1, -0.05) is 23.2 Å². The maximum atomic E-state index is 12.9. The number of carbonyl (C=O) groups excluding carboxylic acids is 2. The summed E-state index contributed by atoms with van der Waals surface area (Å²) in [6, 6.07) is 14.2. The zero-order valence-electron chi connectivity index (χ0n) is 16.1. The predicted octanol–water partition coefficient (Wildman–Crippen LogP) is 5.12. The molecule has 9 heteroatoms. The van der Waals surface area contributed by atoms with E-state index in [2.05, 4.69) is 10.5 Å². The first-order valence-corrected chi connectivity index (χ1v) is 9.57. The van der Waals surface area contributed by atoms with Crippen LogP contribution in [0.2, 0.25) is 10.0 Å². The minimum atomic E-state index is -0.634. The third-order valence-electron chi connectivity index (χ3n) is 4.03. The summed E-state index contributed by atoms with van der Waals surface area (Å²) in [6.07, 6.45) is 1.38. The summed E-state index contributed by atoms with van der Waals surface area (Å²) in [4.78, 5) is 24.3. The number of amides is 1. The quantitative estimate of drug-likeness (QED) is 0.239. The average Bonchev–Trinajstić information content (AvgIpc) is 2.76. The summed E-state index contributed by atoms with van der Waals surface area (Å²) in [6.45, 7) is 0. The van der Waals surface area contributed by atoms with Gasteiger partial charge >= 0.3 is 5.97 Å². The molecule has 0 saturated carbocycles. The van der Waals surface area contributed by atoms with Crippen molar-refractivity contribution >= 4 is 41.3 Å². The van der Waals surface area contributed by atoms with Gasteiger partial charge in [-0.3, -0.25) is 4.79 Å². The van der Waals surface area contributed by atoms with Crippen LogP contribution in [-0.4, -0.2) is 25.2 Å². The van der Waals surface area contributed by atoms with Crippen LogP contribution >= 0.6 is 23.2 Å². The number of hydrazone groups is 1. The lowest BCUT2D eigenvalue weighted by molar-refractivity contribution is 0.0729. The predicted molar refractivity (Wildman–Crippen MR) is 116 cm³/mol. The van der Waals surface area contributed by atoms with Gasteiger partial charge in [0.1, 0.15) is 5.82 Å². The summed E-state index contributed by atoms with van der Waals surface area (Å²) in [5, 5.41) is 4.42. The molecule has 31 heavy (non-hydrogen) atoms. The molecule has 3 rings (SSSR count). The monoisotopic (exact) mass is 460 g/mol. The number of ether oxygens (including phenoxy) is 2. The van der Waals surface area contributed by atoms with Gasteiger partial charge in [0, 0.05) is 5.56 Å². The second-order valence-corrected chi connectivity index (χ2v) is 6.95. The summed E-state index contributed by atoms with van der Waals surface area (Å²) in [5.74, 6) is -1.10. The summed E-state index contributed by atoms with van der Waals surface area (Å²) in [5.41, 5.74) is 3.41. The van der Waals surface area contributed by atoms with Crippen molar-refractivity contribution in [2.75, 3.05) is 7.11 Å². The van der Waals surface area contributed by atoms with Crippen LogP contribution in [0.4, 0.5) is 4.39 Å². The molecule has 1 amide bonds. The molecule has 0 aliphatic heterocycles. The number of rotatable bonds is 6. The largest absolute Gasteiger partial charge is 0.493 e. The smallest absolute Gasteiger partial charge is 0.343 e. The van der Waals surface area contributed by atoms with E-state index in [0.29, 0.717) is 10.6 Å². The third kappa shape index (κ3) is 5.81. The Bertz CT molecular complexity index is 1150. The number of methoxy groups -OCH3 is 1. The van der Waals surface area contributed by atoms with Crippen molar-refractivity contribution in [3.05, 3.63) is 93.2 Å². The highest BCUT2D eigenvalue weighted by Gasteiger charge is 2.14. The highest BCUT2D eigenvalue weighted by molar-refractivity contribution is 6.42. The van der Waals surface area contributed by atoms with E-state index in [9.17, 15) is 14.0 Å². The van der Waals surface area contributed by atoms with Gasteiger partial charge in [-0.2, -0.15) is 5.10 Å². The van der Waals surface area contributed by atoms with Crippen LogP contribution in [-0.2, 0) is 0 Å². The van der Waals surface area contributed by atoms with E-state index in [4.69, 9.17) is 32.7 Å². The molecule has 0 heterocycles. The Labute approximate surface area is 187 Å². The molecule has 0 bridgehead atoms. The van der Waals surface area contributed by atoms with E-state index >= 15 is 0 Å². The first kappa shape index (κ1) is 22.3. The second kappa shape index (κ2) is 10.1. The molecule has 0 atom stereocenters. The first-order chi connectivity index (χ1) is 14.9. The number of hydrogen-bond acceptors (Lipinski definition) is 5. The minimum absolute atomic E-state index is 0.186. The maximum absolute atomic E-state index is 12.9. The summed E-state index contributed by atoms with van der Waals surface area (Å²) < 4.78 is 23.6. The number of carbonyl (C=O) groups is 2. The molecular formula is C22H15Cl2FN2O4. The van der Waals surface area contributed by atoms with E-state index in [1.807, 2.05) is 0 Å². The number of nitrogens with one attached hydrogen (secondary N) is 1. The number of hydrogen-bond donors (Lipinski definition) is 1. The minimum Gasteiger partial charge on any atom is -0.493 e. The van der Waals surface area contributed by atoms with Gasteiger partial charge in [-0.05, 0) is 66.2 Å². The van der Waals surface area contributed by atoms with Crippen LogP contribution in [0.25, 0.3) is 0 Å². The molecule has 158 valence electrons. The number of nitrogens with zero attached hydrogens (tertiary/aromatic N) is 1. The Hall–Kier alpha value is -3.42. The molecule has 0 fully saturated rings. The Morgan fingerprint density at radius 2 is 1.65 bits per heavy atom. The van der Waals surface area contributed by atoms with Gasteiger partial charge in [-0.15, -0.1) is 0 Å². The lowest BCUT2D eigenvalue weighted by Gasteiger charge is -2.10. The summed E-state index contributed by atoms with van der Waals surface area (Å²) in [7, 11) is 1.42. The fraction of sp³-hybridized carbons (Fsp3) is 0.0455. The van der Waals surface area contributed by atoms with Crippen molar-refractivity contribution in [3.8, 4) is 11.5 Å². The molecule has 0 aliphatic rings. The standard InChI is InChI=1S/C22H15Cl2FN2O4/c1-30-20-10-13(12-26-27-21(28)14-3-6-16(25)7-4-14)2-9-19(20)31-22(29)15-5-8-17(23)18(24)11-15/h2-12H,1H3,(H,27,28)/b26-12+. The van der Waals surface area contributed by atoms with Crippen LogP contribution in [0.15, 0.2) is 65.8 Å². The molecule has 0 radical (unpaired) electrons. The number of esters is 1. The van der Waals surface area contributed by atoms with E-state index in [1.54, 1.807) is 12.1 Å². The van der Waals surface area contributed by atoms with E-state index in [0.717, 1.165) is 0 Å². The zero-order chi connectivity index (χ0) is 22.4. The Morgan fingerprint density at radius 1 is 0.935 bits per heavy atom. The molecule has 0 aliphatic carbocycles. The van der Waals surface area contributed by atoms with Gasteiger partial charge in [0.15, 0.2) is 11.5 Å². The normalized spacial score (nSPS) is 10.7. The molecule has 1 N–H and O–H groups in total. The van der Waals surface area contributed by atoms with Crippen LogP contribution in [0.3, 0.4) is 0 Å². The van der Waals surface area contributed by atoms with Crippen LogP contribution in [0.1, 0.15) is 26.3 Å². The van der Waals surface area contributed by atoms with Crippen molar-refractivity contribution in [1.82, 2.24) is 5.43 Å². The molecule has 3 aromatic carbocycles. The van der Waals surface area contributed by atoms with E-state index in [-0.39, 0.29) is 27.6 Å². The van der Waals surface area contributed by atoms with Crippen molar-refractivity contribution in [2.45, 2.75) is 0 Å². The SMILES string of the molecule is COc1cc(/C=N/NC(=O)c2ccc(F)cc2)ccc1OC(=O)c1ccc(Cl)c(Cl)c1. The Morgan fingerprint density at radius 3 is 2.32 bits per heavy atom. The fourth-order valence-electron chi connectivity index (χ4n) is 2.46. The molecule has 6 nitrogen and oxygen atoms in total. The lowest BCUT2D eigenvalue weighted by atomic mass is 10.2. The molecule has 0 aromatic heterocycles. The van der Waals surface area contributed by atoms with E-state index < -0.39 is 17.7 Å². The van der Waals surface area contributed by atoms with Gasteiger partial charge in [0.2, 0.25) is 0 Å². The van der Waals surface area contributed by atoms with Gasteiger partial charge in [0.25, 0.3) is 5.91 Å². The Kier molecular flexibility index (Phi) is 7.23. The lowest BCUT2D eigenvalue weighted by Crippen LogP contribution is -2.17. The molecule has 0 saturated heterocycles. The van der Waals surface area contributed by atoms with Crippen LogP contribution < -0.4 is 14.9 Å². The highest BCUT2D eigenvalue weighted by atomic mass is 35.5. The van der Waals surface area contributed by atoms with Gasteiger partial charge in [0.05, 0.1) is 28.9 Å². The number of halogens is 3. The highest BCUT2D eigenvalue weighted by Crippen LogP contribution is 2.29.